The fraction of sp³-hybridized carbons (Fsp3) is 0.667. The maximum atomic E-state index is 10.8. The number of hydrogen-bond acceptors (Lipinski definition) is 4. The third kappa shape index (κ3) is 5.63. The SMILES string of the molecule is C=C(O[Si](C)(C)C)C(C)OC(=O)OC. The monoisotopic (exact) mass is 218 g/mol. The topological polar surface area (TPSA) is 44.8 Å². The highest BCUT2D eigenvalue weighted by molar-refractivity contribution is 6.70. The summed E-state index contributed by atoms with van der Waals surface area (Å²) in [7, 11) is -0.415. The van der Waals surface area contributed by atoms with E-state index < -0.39 is 20.6 Å². The number of rotatable bonds is 4. The minimum Gasteiger partial charge on any atom is -0.545 e. The van der Waals surface area contributed by atoms with Gasteiger partial charge in [-0.15, -0.1) is 0 Å². The standard InChI is InChI=1S/C9H18O4Si/c1-7(12-9(10)11-3)8(2)13-14(4,5)6/h7H,2H2,1,3-6H3. The van der Waals surface area contributed by atoms with Gasteiger partial charge < -0.3 is 13.9 Å². The van der Waals surface area contributed by atoms with Crippen LogP contribution < -0.4 is 0 Å². The van der Waals surface area contributed by atoms with Crippen LogP contribution in [0.25, 0.3) is 0 Å². The van der Waals surface area contributed by atoms with Gasteiger partial charge in [0.1, 0.15) is 5.76 Å². The first-order valence-electron chi connectivity index (χ1n) is 4.38. The second-order valence-electron chi connectivity index (χ2n) is 3.89. The summed E-state index contributed by atoms with van der Waals surface area (Å²) in [6, 6.07) is 0. The molecule has 0 aromatic heterocycles. The Morgan fingerprint density at radius 3 is 2.21 bits per heavy atom. The lowest BCUT2D eigenvalue weighted by molar-refractivity contribution is 0.0433. The van der Waals surface area contributed by atoms with Crippen molar-refractivity contribution in [2.75, 3.05) is 7.11 Å². The molecule has 0 fully saturated rings. The van der Waals surface area contributed by atoms with E-state index in [4.69, 9.17) is 9.16 Å². The van der Waals surface area contributed by atoms with Crippen LogP contribution in [-0.2, 0) is 13.9 Å². The van der Waals surface area contributed by atoms with Gasteiger partial charge >= 0.3 is 6.16 Å². The Morgan fingerprint density at radius 1 is 1.36 bits per heavy atom. The lowest BCUT2D eigenvalue weighted by Crippen LogP contribution is -2.29. The number of carbonyl (C=O) groups excluding carboxylic acids is 1. The van der Waals surface area contributed by atoms with E-state index in [0.29, 0.717) is 5.76 Å². The molecule has 4 nitrogen and oxygen atoms in total. The first kappa shape index (κ1) is 13.0. The molecule has 0 spiro atoms. The molecule has 0 saturated heterocycles. The first-order chi connectivity index (χ1) is 6.26. The van der Waals surface area contributed by atoms with Crippen molar-refractivity contribution in [2.24, 2.45) is 0 Å². The molecule has 5 heteroatoms. The van der Waals surface area contributed by atoms with E-state index in [9.17, 15) is 4.79 Å². The maximum absolute atomic E-state index is 10.8. The van der Waals surface area contributed by atoms with Gasteiger partial charge in [0.2, 0.25) is 8.32 Å². The van der Waals surface area contributed by atoms with E-state index in [1.54, 1.807) is 6.92 Å². The predicted octanol–water partition coefficient (Wildman–Crippen LogP) is 2.52. The zero-order valence-electron chi connectivity index (χ0n) is 9.42. The van der Waals surface area contributed by atoms with Crippen LogP contribution in [0.4, 0.5) is 4.79 Å². The second kappa shape index (κ2) is 5.04. The molecule has 0 amide bonds. The fourth-order valence-electron chi connectivity index (χ4n) is 0.734. The Kier molecular flexibility index (Phi) is 4.69. The van der Waals surface area contributed by atoms with E-state index in [1.165, 1.54) is 7.11 Å². The molecule has 0 N–H and O–H groups in total. The first-order valence-corrected chi connectivity index (χ1v) is 7.79. The minimum absolute atomic E-state index is 0.467. The molecule has 0 bridgehead atoms. The van der Waals surface area contributed by atoms with Gasteiger partial charge in [0.05, 0.1) is 7.11 Å². The molecule has 0 aliphatic rings. The highest BCUT2D eigenvalue weighted by Gasteiger charge is 2.21. The van der Waals surface area contributed by atoms with Crippen LogP contribution in [0.2, 0.25) is 19.6 Å². The summed E-state index contributed by atoms with van der Waals surface area (Å²) >= 11 is 0. The lowest BCUT2D eigenvalue weighted by Gasteiger charge is -2.24. The number of ether oxygens (including phenoxy) is 2. The Bertz CT molecular complexity index is 219. The number of hydrogen-bond donors (Lipinski definition) is 0. The zero-order valence-corrected chi connectivity index (χ0v) is 10.4. The number of methoxy groups -OCH3 is 1. The average Bonchev–Trinajstić information content (AvgIpc) is 2.00. The highest BCUT2D eigenvalue weighted by atomic mass is 28.4. The molecule has 0 aromatic carbocycles. The van der Waals surface area contributed by atoms with E-state index in [-0.39, 0.29) is 0 Å². The van der Waals surface area contributed by atoms with Gasteiger partial charge in [-0.3, -0.25) is 0 Å². The lowest BCUT2D eigenvalue weighted by atomic mass is 10.4. The molecule has 82 valence electrons. The Labute approximate surface area is 86.0 Å². The molecule has 0 aromatic rings. The van der Waals surface area contributed by atoms with Crippen molar-refractivity contribution in [2.45, 2.75) is 32.7 Å². The third-order valence-corrected chi connectivity index (χ3v) is 2.20. The molecular weight excluding hydrogens is 200 g/mol. The molecule has 0 saturated carbocycles. The Balaban J connectivity index is 4.07. The normalized spacial score (nSPS) is 12.9. The summed E-state index contributed by atoms with van der Waals surface area (Å²) in [5, 5.41) is 0. The Morgan fingerprint density at radius 2 is 1.86 bits per heavy atom. The highest BCUT2D eigenvalue weighted by Crippen LogP contribution is 2.14. The van der Waals surface area contributed by atoms with Gasteiger partial charge in [-0.25, -0.2) is 4.79 Å². The van der Waals surface area contributed by atoms with Crippen LogP contribution in [0.15, 0.2) is 12.3 Å². The summed E-state index contributed by atoms with van der Waals surface area (Å²) in [6.45, 7) is 11.5. The molecule has 0 radical (unpaired) electrons. The van der Waals surface area contributed by atoms with E-state index >= 15 is 0 Å². The summed E-state index contributed by atoms with van der Waals surface area (Å²) in [6.07, 6.45) is -1.20. The molecule has 1 unspecified atom stereocenters. The van der Waals surface area contributed by atoms with Gasteiger partial charge in [0, 0.05) is 0 Å². The summed E-state index contributed by atoms with van der Waals surface area (Å²) in [4.78, 5) is 10.8. The summed E-state index contributed by atoms with van der Waals surface area (Å²) < 4.78 is 14.8. The van der Waals surface area contributed by atoms with Gasteiger partial charge in [-0.2, -0.15) is 0 Å². The van der Waals surface area contributed by atoms with Crippen molar-refractivity contribution in [3.8, 4) is 0 Å². The smallest absolute Gasteiger partial charge is 0.508 e. The van der Waals surface area contributed by atoms with E-state index in [1.807, 2.05) is 19.6 Å². The van der Waals surface area contributed by atoms with Crippen molar-refractivity contribution >= 4 is 14.5 Å². The fourth-order valence-corrected chi connectivity index (χ4v) is 1.69. The van der Waals surface area contributed by atoms with Gasteiger partial charge in [-0.05, 0) is 26.6 Å². The van der Waals surface area contributed by atoms with Crippen LogP contribution in [0, 0.1) is 0 Å². The van der Waals surface area contributed by atoms with Crippen molar-refractivity contribution in [1.82, 2.24) is 0 Å². The molecule has 0 aliphatic heterocycles. The molecule has 0 rings (SSSR count). The molecule has 0 aliphatic carbocycles. The Hall–Kier alpha value is -0.973. The van der Waals surface area contributed by atoms with Crippen molar-refractivity contribution in [1.29, 1.82) is 0 Å². The summed E-state index contributed by atoms with van der Waals surface area (Å²) in [5.74, 6) is 0.467. The van der Waals surface area contributed by atoms with Gasteiger partial charge in [0.25, 0.3) is 0 Å². The second-order valence-corrected chi connectivity index (χ2v) is 8.32. The van der Waals surface area contributed by atoms with Gasteiger partial charge in [0.15, 0.2) is 6.10 Å². The average molecular weight is 218 g/mol. The minimum atomic E-state index is -1.68. The van der Waals surface area contributed by atoms with Crippen molar-refractivity contribution < 1.29 is 18.7 Å². The molecule has 0 heterocycles. The quantitative estimate of drug-likeness (QED) is 0.413. The van der Waals surface area contributed by atoms with Crippen LogP contribution >= 0.6 is 0 Å². The third-order valence-electron chi connectivity index (χ3n) is 1.33. The largest absolute Gasteiger partial charge is 0.545 e. The molecule has 1 atom stereocenters. The van der Waals surface area contributed by atoms with Crippen LogP contribution in [-0.4, -0.2) is 27.7 Å². The van der Waals surface area contributed by atoms with Crippen LogP contribution in [0.5, 0.6) is 0 Å². The molecule has 14 heavy (non-hydrogen) atoms. The van der Waals surface area contributed by atoms with Crippen LogP contribution in [0.3, 0.4) is 0 Å². The van der Waals surface area contributed by atoms with Crippen molar-refractivity contribution in [3.63, 3.8) is 0 Å². The predicted molar refractivity (Wildman–Crippen MR) is 56.5 cm³/mol. The summed E-state index contributed by atoms with van der Waals surface area (Å²) in [5.41, 5.74) is 0. The van der Waals surface area contributed by atoms with Crippen LogP contribution in [0.1, 0.15) is 6.92 Å². The van der Waals surface area contributed by atoms with Crippen molar-refractivity contribution in [3.05, 3.63) is 12.3 Å². The van der Waals surface area contributed by atoms with E-state index in [0.717, 1.165) is 0 Å². The zero-order chi connectivity index (χ0) is 11.4. The van der Waals surface area contributed by atoms with E-state index in [2.05, 4.69) is 11.3 Å². The van der Waals surface area contributed by atoms with Gasteiger partial charge in [-0.1, -0.05) is 6.58 Å². The number of carbonyl (C=O) groups is 1. The molecular formula is C9H18O4Si. The maximum Gasteiger partial charge on any atom is 0.508 e.